The lowest BCUT2D eigenvalue weighted by Crippen LogP contribution is -2.26. The highest BCUT2D eigenvalue weighted by atomic mass is 32.1. The number of anilines is 1. The van der Waals surface area contributed by atoms with E-state index in [-0.39, 0.29) is 11.8 Å². The highest BCUT2D eigenvalue weighted by Gasteiger charge is 2.13. The van der Waals surface area contributed by atoms with Gasteiger partial charge in [-0.05, 0) is 36.9 Å². The van der Waals surface area contributed by atoms with Crippen molar-refractivity contribution < 1.29 is 14.3 Å². The van der Waals surface area contributed by atoms with Gasteiger partial charge in [0.05, 0.1) is 16.8 Å². The molecule has 122 valence electrons. The van der Waals surface area contributed by atoms with Crippen molar-refractivity contribution in [3.8, 4) is 0 Å². The SMILES string of the molecule is CCOCCCNC(=O)c1ccccc1NC(=O)c1ccsc1. The zero-order valence-electron chi connectivity index (χ0n) is 13.0. The Bertz CT molecular complexity index is 641. The number of carbonyl (C=O) groups excluding carboxylic acids is 2. The van der Waals surface area contributed by atoms with Gasteiger partial charge in [-0.25, -0.2) is 0 Å². The van der Waals surface area contributed by atoms with Crippen molar-refractivity contribution in [2.45, 2.75) is 13.3 Å². The molecule has 0 unspecified atom stereocenters. The van der Waals surface area contributed by atoms with Crippen molar-refractivity contribution in [1.29, 1.82) is 0 Å². The minimum atomic E-state index is -0.220. The van der Waals surface area contributed by atoms with Crippen LogP contribution in [0.1, 0.15) is 34.1 Å². The Morgan fingerprint density at radius 1 is 1.17 bits per heavy atom. The van der Waals surface area contributed by atoms with E-state index in [1.807, 2.05) is 12.3 Å². The van der Waals surface area contributed by atoms with Crippen LogP contribution < -0.4 is 10.6 Å². The molecule has 2 aromatic rings. The van der Waals surface area contributed by atoms with E-state index in [2.05, 4.69) is 10.6 Å². The topological polar surface area (TPSA) is 67.4 Å². The summed E-state index contributed by atoms with van der Waals surface area (Å²) in [6, 6.07) is 8.72. The summed E-state index contributed by atoms with van der Waals surface area (Å²) in [5.74, 6) is -0.425. The Balaban J connectivity index is 1.96. The van der Waals surface area contributed by atoms with E-state index in [4.69, 9.17) is 4.74 Å². The summed E-state index contributed by atoms with van der Waals surface area (Å²) in [7, 11) is 0. The van der Waals surface area contributed by atoms with Crippen molar-refractivity contribution in [3.05, 3.63) is 52.2 Å². The minimum Gasteiger partial charge on any atom is -0.382 e. The van der Waals surface area contributed by atoms with Crippen LogP contribution in [0, 0.1) is 0 Å². The Kier molecular flexibility index (Phi) is 6.77. The first kappa shape index (κ1) is 17.2. The van der Waals surface area contributed by atoms with Crippen LogP contribution in [0.15, 0.2) is 41.1 Å². The van der Waals surface area contributed by atoms with Crippen LogP contribution in [0.4, 0.5) is 5.69 Å². The van der Waals surface area contributed by atoms with E-state index in [1.54, 1.807) is 35.7 Å². The third-order valence-electron chi connectivity index (χ3n) is 3.16. The molecular formula is C17H20N2O3S. The molecule has 1 aromatic carbocycles. The maximum absolute atomic E-state index is 12.3. The Morgan fingerprint density at radius 3 is 2.74 bits per heavy atom. The van der Waals surface area contributed by atoms with Gasteiger partial charge in [-0.1, -0.05) is 12.1 Å². The van der Waals surface area contributed by atoms with Crippen molar-refractivity contribution in [3.63, 3.8) is 0 Å². The number of benzene rings is 1. The molecule has 0 radical (unpaired) electrons. The largest absolute Gasteiger partial charge is 0.382 e. The summed E-state index contributed by atoms with van der Waals surface area (Å²) >= 11 is 1.45. The van der Waals surface area contributed by atoms with Gasteiger partial charge in [0.1, 0.15) is 0 Å². The Hall–Kier alpha value is -2.18. The maximum atomic E-state index is 12.3. The van der Waals surface area contributed by atoms with Crippen molar-refractivity contribution in [2.75, 3.05) is 25.1 Å². The lowest BCUT2D eigenvalue weighted by Gasteiger charge is -2.11. The predicted octanol–water partition coefficient (Wildman–Crippen LogP) is 3.16. The molecule has 2 rings (SSSR count). The van der Waals surface area contributed by atoms with Gasteiger partial charge in [0.15, 0.2) is 0 Å². The average molecular weight is 332 g/mol. The number of hydrogen-bond donors (Lipinski definition) is 2. The molecule has 2 N–H and O–H groups in total. The standard InChI is InChI=1S/C17H20N2O3S/c1-2-22-10-5-9-18-17(21)14-6-3-4-7-15(14)19-16(20)13-8-11-23-12-13/h3-4,6-8,11-12H,2,5,9-10H2,1H3,(H,18,21)(H,19,20). The molecule has 0 atom stereocenters. The molecule has 0 saturated heterocycles. The summed E-state index contributed by atoms with van der Waals surface area (Å²) in [4.78, 5) is 24.4. The van der Waals surface area contributed by atoms with E-state index >= 15 is 0 Å². The van der Waals surface area contributed by atoms with E-state index in [9.17, 15) is 9.59 Å². The van der Waals surface area contributed by atoms with Crippen molar-refractivity contribution in [1.82, 2.24) is 5.32 Å². The second kappa shape index (κ2) is 9.07. The fraction of sp³-hybridized carbons (Fsp3) is 0.294. The van der Waals surface area contributed by atoms with Gasteiger partial charge in [0.25, 0.3) is 11.8 Å². The number of thiophene rings is 1. The van der Waals surface area contributed by atoms with Crippen molar-refractivity contribution >= 4 is 28.8 Å². The summed E-state index contributed by atoms with van der Waals surface area (Å²) in [6.07, 6.45) is 0.753. The molecule has 2 amide bonds. The highest BCUT2D eigenvalue weighted by molar-refractivity contribution is 7.08. The van der Waals surface area contributed by atoms with Gasteiger partial charge in [0, 0.05) is 25.1 Å². The molecule has 23 heavy (non-hydrogen) atoms. The first-order chi connectivity index (χ1) is 11.2. The van der Waals surface area contributed by atoms with Gasteiger partial charge in [-0.15, -0.1) is 0 Å². The number of rotatable bonds is 8. The molecule has 5 nitrogen and oxygen atoms in total. The molecule has 0 saturated carbocycles. The third kappa shape index (κ3) is 5.19. The highest BCUT2D eigenvalue weighted by Crippen LogP contribution is 2.17. The molecule has 0 aliphatic heterocycles. The lowest BCUT2D eigenvalue weighted by atomic mass is 10.1. The van der Waals surface area contributed by atoms with E-state index in [0.29, 0.717) is 36.6 Å². The van der Waals surface area contributed by atoms with Crippen molar-refractivity contribution in [2.24, 2.45) is 0 Å². The van der Waals surface area contributed by atoms with Gasteiger partial charge in [0.2, 0.25) is 0 Å². The first-order valence-electron chi connectivity index (χ1n) is 7.51. The monoisotopic (exact) mass is 332 g/mol. The second-order valence-electron chi connectivity index (χ2n) is 4.82. The average Bonchev–Trinajstić information content (AvgIpc) is 3.09. The molecule has 0 fully saturated rings. The lowest BCUT2D eigenvalue weighted by molar-refractivity contribution is 0.0945. The number of para-hydroxylation sites is 1. The summed E-state index contributed by atoms with van der Waals surface area (Å²) in [6.45, 7) is 3.76. The van der Waals surface area contributed by atoms with Crippen LogP contribution >= 0.6 is 11.3 Å². The zero-order chi connectivity index (χ0) is 16.5. The van der Waals surface area contributed by atoms with Crippen LogP contribution in [0.5, 0.6) is 0 Å². The number of ether oxygens (including phenoxy) is 1. The van der Waals surface area contributed by atoms with Gasteiger partial charge in [-0.2, -0.15) is 11.3 Å². The normalized spacial score (nSPS) is 10.3. The smallest absolute Gasteiger partial charge is 0.256 e. The van der Waals surface area contributed by atoms with Crippen LogP contribution in [0.2, 0.25) is 0 Å². The summed E-state index contributed by atoms with van der Waals surface area (Å²) in [5, 5.41) is 9.23. The number of nitrogens with one attached hydrogen (secondary N) is 2. The fourth-order valence-corrected chi connectivity index (χ4v) is 2.63. The predicted molar refractivity (Wildman–Crippen MR) is 92.2 cm³/mol. The second-order valence-corrected chi connectivity index (χ2v) is 5.60. The molecule has 6 heteroatoms. The van der Waals surface area contributed by atoms with Gasteiger partial charge in [-0.3, -0.25) is 9.59 Å². The minimum absolute atomic E-state index is 0.206. The van der Waals surface area contributed by atoms with Gasteiger partial charge < -0.3 is 15.4 Å². The van der Waals surface area contributed by atoms with E-state index < -0.39 is 0 Å². The number of amides is 2. The van der Waals surface area contributed by atoms with Crippen LogP contribution in [0.25, 0.3) is 0 Å². The number of carbonyl (C=O) groups is 2. The van der Waals surface area contributed by atoms with Crippen LogP contribution in [-0.4, -0.2) is 31.6 Å². The maximum Gasteiger partial charge on any atom is 0.256 e. The quantitative estimate of drug-likeness (QED) is 0.730. The Morgan fingerprint density at radius 2 is 2.00 bits per heavy atom. The zero-order valence-corrected chi connectivity index (χ0v) is 13.8. The molecule has 0 spiro atoms. The molecular weight excluding hydrogens is 312 g/mol. The van der Waals surface area contributed by atoms with Crippen LogP contribution in [0.3, 0.4) is 0 Å². The van der Waals surface area contributed by atoms with E-state index in [1.165, 1.54) is 11.3 Å². The molecule has 1 aromatic heterocycles. The molecule has 0 bridgehead atoms. The fourth-order valence-electron chi connectivity index (χ4n) is 1.99. The summed E-state index contributed by atoms with van der Waals surface area (Å²) < 4.78 is 5.23. The number of hydrogen-bond acceptors (Lipinski definition) is 4. The van der Waals surface area contributed by atoms with E-state index in [0.717, 1.165) is 6.42 Å². The molecule has 0 aliphatic carbocycles. The third-order valence-corrected chi connectivity index (χ3v) is 3.84. The van der Waals surface area contributed by atoms with Crippen LogP contribution in [-0.2, 0) is 4.74 Å². The summed E-state index contributed by atoms with van der Waals surface area (Å²) in [5.41, 5.74) is 1.54. The molecule has 1 heterocycles. The Labute approximate surface area is 139 Å². The molecule has 0 aliphatic rings. The van der Waals surface area contributed by atoms with Gasteiger partial charge >= 0.3 is 0 Å². The first-order valence-corrected chi connectivity index (χ1v) is 8.45.